The van der Waals surface area contributed by atoms with Crippen molar-refractivity contribution in [3.05, 3.63) is 29.8 Å². The van der Waals surface area contributed by atoms with Crippen molar-refractivity contribution in [2.24, 2.45) is 0 Å². The fraction of sp³-hybridized carbons (Fsp3) is 0.538. The van der Waals surface area contributed by atoms with E-state index >= 15 is 0 Å². The minimum atomic E-state index is -0.841. The van der Waals surface area contributed by atoms with Crippen LogP contribution in [0.1, 0.15) is 31.2 Å². The van der Waals surface area contributed by atoms with Gasteiger partial charge in [0, 0.05) is 18.8 Å². The van der Waals surface area contributed by atoms with Crippen molar-refractivity contribution in [3.63, 3.8) is 0 Å². The Balaban J connectivity index is 2.06. The highest BCUT2D eigenvalue weighted by atomic mass is 19.1. The largest absolute Gasteiger partial charge is 0.480 e. The molecule has 0 radical (unpaired) electrons. The Kier molecular flexibility index (Phi) is 4.25. The monoisotopic (exact) mass is 252 g/mol. The molecule has 1 N–H and O–H groups in total. The molecule has 1 aliphatic carbocycles. The van der Waals surface area contributed by atoms with Gasteiger partial charge < -0.3 is 5.11 Å². The molecule has 1 aromatic heterocycles. The normalized spacial score (nSPS) is 16.3. The molecule has 4 nitrogen and oxygen atoms in total. The fourth-order valence-corrected chi connectivity index (χ4v) is 2.53. The van der Waals surface area contributed by atoms with Gasteiger partial charge in [0.2, 0.25) is 0 Å². The first-order valence-electron chi connectivity index (χ1n) is 6.20. The van der Waals surface area contributed by atoms with E-state index in [4.69, 9.17) is 5.11 Å². The van der Waals surface area contributed by atoms with E-state index in [9.17, 15) is 9.18 Å². The number of hydrogen-bond donors (Lipinski definition) is 1. The highest BCUT2D eigenvalue weighted by Crippen LogP contribution is 2.24. The van der Waals surface area contributed by atoms with Crippen molar-refractivity contribution in [2.75, 3.05) is 6.54 Å². The number of aromatic nitrogens is 1. The Labute approximate surface area is 105 Å². The summed E-state index contributed by atoms with van der Waals surface area (Å²) in [6, 6.07) is 1.71. The standard InChI is InChI=1S/C13H17FN2O2/c14-11-5-10(6-15-7-11)8-16(9-13(17)18)12-3-1-2-4-12/h5-7,12H,1-4,8-9H2,(H,17,18). The van der Waals surface area contributed by atoms with Crippen LogP contribution >= 0.6 is 0 Å². The van der Waals surface area contributed by atoms with Gasteiger partial charge >= 0.3 is 5.97 Å². The molecule has 18 heavy (non-hydrogen) atoms. The van der Waals surface area contributed by atoms with Gasteiger partial charge in [-0.2, -0.15) is 0 Å². The Hall–Kier alpha value is -1.49. The summed E-state index contributed by atoms with van der Waals surface area (Å²) in [4.78, 5) is 16.6. The predicted octanol–water partition coefficient (Wildman–Crippen LogP) is 2.05. The van der Waals surface area contributed by atoms with E-state index in [1.165, 1.54) is 6.07 Å². The van der Waals surface area contributed by atoms with Crippen LogP contribution in [0.5, 0.6) is 0 Å². The van der Waals surface area contributed by atoms with Gasteiger partial charge in [-0.25, -0.2) is 4.39 Å². The van der Waals surface area contributed by atoms with Crippen LogP contribution in [0, 0.1) is 5.82 Å². The van der Waals surface area contributed by atoms with Gasteiger partial charge in [-0.1, -0.05) is 12.8 Å². The molecular formula is C13H17FN2O2. The van der Waals surface area contributed by atoms with Crippen molar-refractivity contribution in [1.29, 1.82) is 0 Å². The number of carboxylic acid groups (broad SMARTS) is 1. The summed E-state index contributed by atoms with van der Waals surface area (Å²) in [5.41, 5.74) is 0.725. The van der Waals surface area contributed by atoms with Crippen LogP contribution in [0.3, 0.4) is 0 Å². The van der Waals surface area contributed by atoms with E-state index in [0.717, 1.165) is 37.4 Å². The Morgan fingerprint density at radius 1 is 1.44 bits per heavy atom. The first kappa shape index (κ1) is 13.0. The van der Waals surface area contributed by atoms with Crippen molar-refractivity contribution in [3.8, 4) is 0 Å². The third-order valence-corrected chi connectivity index (χ3v) is 3.33. The summed E-state index contributed by atoms with van der Waals surface area (Å²) in [5.74, 6) is -1.22. The second kappa shape index (κ2) is 5.91. The summed E-state index contributed by atoms with van der Waals surface area (Å²) >= 11 is 0. The molecule has 1 saturated carbocycles. The highest BCUT2D eigenvalue weighted by Gasteiger charge is 2.24. The molecule has 0 saturated heterocycles. The fourth-order valence-electron chi connectivity index (χ4n) is 2.53. The summed E-state index contributed by atoms with van der Waals surface area (Å²) in [7, 11) is 0. The lowest BCUT2D eigenvalue weighted by Gasteiger charge is -2.26. The minimum Gasteiger partial charge on any atom is -0.480 e. The summed E-state index contributed by atoms with van der Waals surface area (Å²) in [6.45, 7) is 0.447. The van der Waals surface area contributed by atoms with Crippen LogP contribution < -0.4 is 0 Å². The number of nitrogens with zero attached hydrogens (tertiary/aromatic N) is 2. The lowest BCUT2D eigenvalue weighted by atomic mass is 10.1. The smallest absolute Gasteiger partial charge is 0.317 e. The van der Waals surface area contributed by atoms with E-state index < -0.39 is 5.97 Å². The molecule has 1 heterocycles. The molecule has 0 spiro atoms. The zero-order valence-electron chi connectivity index (χ0n) is 10.2. The topological polar surface area (TPSA) is 53.4 Å². The molecule has 0 amide bonds. The molecule has 1 aliphatic rings. The molecule has 0 aromatic carbocycles. The molecule has 0 aliphatic heterocycles. The second-order valence-electron chi connectivity index (χ2n) is 4.75. The summed E-state index contributed by atoms with van der Waals surface area (Å²) in [6.07, 6.45) is 7.07. The maximum atomic E-state index is 13.1. The lowest BCUT2D eigenvalue weighted by molar-refractivity contribution is -0.139. The number of hydrogen-bond acceptors (Lipinski definition) is 3. The Morgan fingerprint density at radius 2 is 2.17 bits per heavy atom. The minimum absolute atomic E-state index is 0.00117. The Bertz CT molecular complexity index is 419. The highest BCUT2D eigenvalue weighted by molar-refractivity contribution is 5.69. The van der Waals surface area contributed by atoms with E-state index in [2.05, 4.69) is 4.98 Å². The van der Waals surface area contributed by atoms with Crippen molar-refractivity contribution < 1.29 is 14.3 Å². The maximum absolute atomic E-state index is 13.1. The van der Waals surface area contributed by atoms with Gasteiger partial charge in [0.25, 0.3) is 0 Å². The SMILES string of the molecule is O=C(O)CN(Cc1cncc(F)c1)C1CCCC1. The number of carboxylic acids is 1. The number of carbonyl (C=O) groups is 1. The van der Waals surface area contributed by atoms with Crippen LogP contribution in [0.15, 0.2) is 18.5 Å². The van der Waals surface area contributed by atoms with Gasteiger partial charge in [-0.15, -0.1) is 0 Å². The second-order valence-corrected chi connectivity index (χ2v) is 4.75. The summed E-state index contributed by atoms with van der Waals surface area (Å²) < 4.78 is 13.1. The predicted molar refractivity (Wildman–Crippen MR) is 64.5 cm³/mol. The molecule has 0 unspecified atom stereocenters. The molecule has 1 aromatic rings. The molecule has 0 atom stereocenters. The van der Waals surface area contributed by atoms with Crippen LogP contribution in [0.25, 0.3) is 0 Å². The van der Waals surface area contributed by atoms with Gasteiger partial charge in [-0.3, -0.25) is 14.7 Å². The van der Waals surface area contributed by atoms with Gasteiger partial charge in [0.1, 0.15) is 5.82 Å². The first-order valence-corrected chi connectivity index (χ1v) is 6.20. The first-order chi connectivity index (χ1) is 8.65. The number of aliphatic carboxylic acids is 1. The van der Waals surface area contributed by atoms with Crippen LogP contribution in [-0.4, -0.2) is 33.5 Å². The van der Waals surface area contributed by atoms with Crippen molar-refractivity contribution >= 4 is 5.97 Å². The third-order valence-electron chi connectivity index (χ3n) is 3.33. The van der Waals surface area contributed by atoms with E-state index in [0.29, 0.717) is 12.6 Å². The lowest BCUT2D eigenvalue weighted by Crippen LogP contribution is -2.37. The number of halogens is 1. The average Bonchev–Trinajstić information content (AvgIpc) is 2.80. The Morgan fingerprint density at radius 3 is 2.78 bits per heavy atom. The van der Waals surface area contributed by atoms with Crippen LogP contribution in [-0.2, 0) is 11.3 Å². The van der Waals surface area contributed by atoms with E-state index in [1.54, 1.807) is 6.20 Å². The van der Waals surface area contributed by atoms with Gasteiger partial charge in [0.05, 0.1) is 12.7 Å². The van der Waals surface area contributed by atoms with E-state index in [-0.39, 0.29) is 12.4 Å². The molecule has 0 bridgehead atoms. The molecule has 1 fully saturated rings. The van der Waals surface area contributed by atoms with Crippen molar-refractivity contribution in [2.45, 2.75) is 38.3 Å². The quantitative estimate of drug-likeness (QED) is 0.871. The molecule has 98 valence electrons. The van der Waals surface area contributed by atoms with Crippen molar-refractivity contribution in [1.82, 2.24) is 9.88 Å². The van der Waals surface area contributed by atoms with Gasteiger partial charge in [0.15, 0.2) is 0 Å². The molecule has 2 rings (SSSR count). The van der Waals surface area contributed by atoms with Crippen LogP contribution in [0.2, 0.25) is 0 Å². The number of pyridine rings is 1. The molecule has 5 heteroatoms. The van der Waals surface area contributed by atoms with Gasteiger partial charge in [-0.05, 0) is 24.5 Å². The number of rotatable bonds is 5. The molecular weight excluding hydrogens is 235 g/mol. The average molecular weight is 252 g/mol. The zero-order valence-corrected chi connectivity index (χ0v) is 10.2. The zero-order chi connectivity index (χ0) is 13.0. The van der Waals surface area contributed by atoms with Crippen LogP contribution in [0.4, 0.5) is 4.39 Å². The summed E-state index contributed by atoms with van der Waals surface area (Å²) in [5, 5.41) is 8.95. The third kappa shape index (κ3) is 3.50. The maximum Gasteiger partial charge on any atom is 0.317 e. The van der Waals surface area contributed by atoms with E-state index in [1.807, 2.05) is 4.90 Å².